The summed E-state index contributed by atoms with van der Waals surface area (Å²) in [7, 11) is 3.20. The highest BCUT2D eigenvalue weighted by Gasteiger charge is 2.15. The molecule has 164 valence electrons. The standard InChI is InChI=1S/C23H22N4O4S/c1-4-31-19-11-9-15(13-20(19)30-3)10-12-21(28)24-22-25-23-27(26-22)17(14-32-23)16-7-5-6-8-18(16)29-2/h5-14H,4H2,1-3H3,(H,24,26,28)/b12-10+. The summed E-state index contributed by atoms with van der Waals surface area (Å²) in [4.78, 5) is 17.5. The van der Waals surface area contributed by atoms with E-state index in [1.54, 1.807) is 30.9 Å². The quantitative estimate of drug-likeness (QED) is 0.397. The van der Waals surface area contributed by atoms with Crippen molar-refractivity contribution in [1.29, 1.82) is 0 Å². The zero-order valence-electron chi connectivity index (χ0n) is 17.9. The summed E-state index contributed by atoms with van der Waals surface area (Å²) in [6.45, 7) is 2.45. The molecule has 8 nitrogen and oxygen atoms in total. The summed E-state index contributed by atoms with van der Waals surface area (Å²) in [6, 6.07) is 13.1. The molecule has 1 N–H and O–H groups in total. The molecular weight excluding hydrogens is 428 g/mol. The molecule has 4 rings (SSSR count). The maximum Gasteiger partial charge on any atom is 0.250 e. The molecule has 1 amide bonds. The van der Waals surface area contributed by atoms with Gasteiger partial charge in [0.05, 0.1) is 26.5 Å². The fourth-order valence-electron chi connectivity index (χ4n) is 3.16. The van der Waals surface area contributed by atoms with Crippen molar-refractivity contribution >= 4 is 34.2 Å². The lowest BCUT2D eigenvalue weighted by atomic mass is 10.1. The maximum atomic E-state index is 12.4. The van der Waals surface area contributed by atoms with Gasteiger partial charge in [-0.25, -0.2) is 4.52 Å². The number of carbonyl (C=O) groups is 1. The van der Waals surface area contributed by atoms with Crippen molar-refractivity contribution in [3.8, 4) is 28.5 Å². The van der Waals surface area contributed by atoms with Crippen LogP contribution in [0.2, 0.25) is 0 Å². The van der Waals surface area contributed by atoms with Gasteiger partial charge in [0.15, 0.2) is 11.5 Å². The largest absolute Gasteiger partial charge is 0.496 e. The van der Waals surface area contributed by atoms with Crippen LogP contribution in [0.1, 0.15) is 12.5 Å². The number of carbonyl (C=O) groups excluding carboxylic acids is 1. The Hall–Kier alpha value is -3.85. The van der Waals surface area contributed by atoms with Gasteiger partial charge in [0.25, 0.3) is 11.9 Å². The van der Waals surface area contributed by atoms with Crippen molar-refractivity contribution in [2.24, 2.45) is 0 Å². The summed E-state index contributed by atoms with van der Waals surface area (Å²) in [5.41, 5.74) is 2.54. The van der Waals surface area contributed by atoms with Gasteiger partial charge in [0, 0.05) is 17.0 Å². The summed E-state index contributed by atoms with van der Waals surface area (Å²) in [6.07, 6.45) is 3.11. The Morgan fingerprint density at radius 1 is 1.12 bits per heavy atom. The van der Waals surface area contributed by atoms with Crippen LogP contribution in [0.4, 0.5) is 5.95 Å². The fraction of sp³-hybridized carbons (Fsp3) is 0.174. The molecule has 0 saturated heterocycles. The van der Waals surface area contributed by atoms with Gasteiger partial charge in [0.1, 0.15) is 5.75 Å². The second-order valence-corrected chi connectivity index (χ2v) is 7.45. The Kier molecular flexibility index (Phi) is 6.37. The lowest BCUT2D eigenvalue weighted by Crippen LogP contribution is -2.09. The van der Waals surface area contributed by atoms with Gasteiger partial charge in [-0.05, 0) is 42.8 Å². The number of benzene rings is 2. The van der Waals surface area contributed by atoms with E-state index in [1.807, 2.05) is 48.7 Å². The number of para-hydroxylation sites is 1. The SMILES string of the molecule is CCOc1ccc(/C=C/C(=O)Nc2nc3scc(-c4ccccc4OC)n3n2)cc1OC. The van der Waals surface area contributed by atoms with Gasteiger partial charge < -0.3 is 14.2 Å². The Labute approximate surface area is 189 Å². The van der Waals surface area contributed by atoms with Crippen molar-refractivity contribution in [3.63, 3.8) is 0 Å². The number of nitrogens with zero attached hydrogens (tertiary/aromatic N) is 3. The molecule has 0 spiro atoms. The van der Waals surface area contributed by atoms with Crippen LogP contribution < -0.4 is 19.5 Å². The Morgan fingerprint density at radius 2 is 1.94 bits per heavy atom. The maximum absolute atomic E-state index is 12.4. The number of thiazole rings is 1. The Bertz CT molecular complexity index is 1280. The molecule has 0 atom stereocenters. The number of anilines is 1. The van der Waals surface area contributed by atoms with Crippen molar-refractivity contribution in [2.45, 2.75) is 6.92 Å². The first-order valence-electron chi connectivity index (χ1n) is 9.90. The van der Waals surface area contributed by atoms with Crippen LogP contribution in [0.5, 0.6) is 17.2 Å². The molecule has 0 aliphatic rings. The smallest absolute Gasteiger partial charge is 0.250 e. The van der Waals surface area contributed by atoms with Crippen LogP contribution >= 0.6 is 11.3 Å². The van der Waals surface area contributed by atoms with Crippen LogP contribution in [0.25, 0.3) is 22.3 Å². The van der Waals surface area contributed by atoms with Gasteiger partial charge in [-0.1, -0.05) is 18.2 Å². The van der Waals surface area contributed by atoms with E-state index in [-0.39, 0.29) is 11.9 Å². The first-order chi connectivity index (χ1) is 15.6. The number of ether oxygens (including phenoxy) is 3. The lowest BCUT2D eigenvalue weighted by Gasteiger charge is -2.09. The average molecular weight is 451 g/mol. The molecule has 2 aromatic heterocycles. The normalized spacial score (nSPS) is 11.1. The molecule has 9 heteroatoms. The molecule has 0 unspecified atom stereocenters. The van der Waals surface area contributed by atoms with E-state index in [2.05, 4.69) is 15.4 Å². The topological polar surface area (TPSA) is 87.0 Å². The molecule has 32 heavy (non-hydrogen) atoms. The van der Waals surface area contributed by atoms with Gasteiger partial charge in [0.2, 0.25) is 4.96 Å². The molecule has 2 aromatic carbocycles. The number of aromatic nitrogens is 3. The highest BCUT2D eigenvalue weighted by Crippen LogP contribution is 2.32. The molecule has 0 fully saturated rings. The van der Waals surface area contributed by atoms with Gasteiger partial charge >= 0.3 is 0 Å². The second kappa shape index (κ2) is 9.52. The van der Waals surface area contributed by atoms with Crippen LogP contribution in [-0.2, 0) is 4.79 Å². The third kappa shape index (κ3) is 4.42. The van der Waals surface area contributed by atoms with Crippen molar-refractivity contribution in [1.82, 2.24) is 14.6 Å². The number of hydrogen-bond donors (Lipinski definition) is 1. The number of amides is 1. The molecule has 0 bridgehead atoms. The third-order valence-electron chi connectivity index (χ3n) is 4.61. The Balaban J connectivity index is 1.50. The van der Waals surface area contributed by atoms with E-state index < -0.39 is 0 Å². The number of methoxy groups -OCH3 is 2. The van der Waals surface area contributed by atoms with Crippen LogP contribution in [0, 0.1) is 0 Å². The van der Waals surface area contributed by atoms with Crippen molar-refractivity contribution in [3.05, 3.63) is 59.5 Å². The minimum atomic E-state index is -0.338. The molecule has 4 aromatic rings. The first-order valence-corrected chi connectivity index (χ1v) is 10.8. The van der Waals surface area contributed by atoms with Crippen LogP contribution in [0.15, 0.2) is 53.9 Å². The van der Waals surface area contributed by atoms with Gasteiger partial charge in [-0.15, -0.1) is 16.4 Å². The number of hydrogen-bond acceptors (Lipinski definition) is 7. The minimum absolute atomic E-state index is 0.229. The van der Waals surface area contributed by atoms with E-state index in [9.17, 15) is 4.79 Å². The monoisotopic (exact) mass is 450 g/mol. The number of nitrogens with one attached hydrogen (secondary N) is 1. The number of fused-ring (bicyclic) bond motifs is 1. The van der Waals surface area contributed by atoms with Crippen molar-refractivity contribution in [2.75, 3.05) is 26.1 Å². The lowest BCUT2D eigenvalue weighted by molar-refractivity contribution is -0.111. The predicted molar refractivity (Wildman–Crippen MR) is 125 cm³/mol. The molecule has 0 aliphatic carbocycles. The van der Waals surface area contributed by atoms with Gasteiger partial charge in [-0.3, -0.25) is 10.1 Å². The molecular formula is C23H22N4O4S. The fourth-order valence-corrected chi connectivity index (χ4v) is 3.98. The van der Waals surface area contributed by atoms with E-state index in [4.69, 9.17) is 14.2 Å². The van der Waals surface area contributed by atoms with Crippen LogP contribution in [0.3, 0.4) is 0 Å². The first kappa shape index (κ1) is 21.4. The molecule has 0 radical (unpaired) electrons. The average Bonchev–Trinajstić information content (AvgIpc) is 3.38. The van der Waals surface area contributed by atoms with Gasteiger partial charge in [-0.2, -0.15) is 4.98 Å². The molecule has 0 saturated carbocycles. The summed E-state index contributed by atoms with van der Waals surface area (Å²) < 4.78 is 18.0. The third-order valence-corrected chi connectivity index (χ3v) is 5.43. The molecule has 0 aliphatic heterocycles. The van der Waals surface area contributed by atoms with E-state index in [1.165, 1.54) is 17.4 Å². The highest BCUT2D eigenvalue weighted by atomic mass is 32.1. The highest BCUT2D eigenvalue weighted by molar-refractivity contribution is 7.15. The zero-order chi connectivity index (χ0) is 22.5. The number of rotatable bonds is 8. The molecule has 2 heterocycles. The Morgan fingerprint density at radius 3 is 2.72 bits per heavy atom. The second-order valence-electron chi connectivity index (χ2n) is 6.62. The van der Waals surface area contributed by atoms with Crippen molar-refractivity contribution < 1.29 is 19.0 Å². The zero-order valence-corrected chi connectivity index (χ0v) is 18.7. The van der Waals surface area contributed by atoms with Crippen LogP contribution in [-0.4, -0.2) is 41.3 Å². The van der Waals surface area contributed by atoms with E-state index >= 15 is 0 Å². The van der Waals surface area contributed by atoms with E-state index in [0.29, 0.717) is 23.1 Å². The predicted octanol–water partition coefficient (Wildman–Crippen LogP) is 4.53. The minimum Gasteiger partial charge on any atom is -0.496 e. The summed E-state index contributed by atoms with van der Waals surface area (Å²) in [5, 5.41) is 9.10. The van der Waals surface area contributed by atoms with E-state index in [0.717, 1.165) is 22.6 Å². The summed E-state index contributed by atoms with van der Waals surface area (Å²) in [5.74, 6) is 1.89. The summed E-state index contributed by atoms with van der Waals surface area (Å²) >= 11 is 1.43.